The molecule has 0 aliphatic heterocycles. The van der Waals surface area contributed by atoms with Crippen molar-refractivity contribution < 1.29 is 19.8 Å². The van der Waals surface area contributed by atoms with Crippen LogP contribution in [0.4, 0.5) is 0 Å². The molecule has 0 bridgehead atoms. The van der Waals surface area contributed by atoms with Gasteiger partial charge in [0.05, 0.1) is 11.9 Å². The SMILES string of the molecule is CCN(CC)CCc1c[nH]c2ccccc12.O=C([O-])C(=O)[O-]. The summed E-state index contributed by atoms with van der Waals surface area (Å²) in [5, 5.41) is 19.2. The molecule has 22 heavy (non-hydrogen) atoms. The van der Waals surface area contributed by atoms with Gasteiger partial charge in [-0.3, -0.25) is 0 Å². The van der Waals surface area contributed by atoms with Crippen LogP contribution in [0.2, 0.25) is 0 Å². The smallest absolute Gasteiger partial charge is 0.0870 e. The number of nitrogens with zero attached hydrogens (tertiary/aromatic N) is 1. The van der Waals surface area contributed by atoms with Crippen LogP contribution in [0.3, 0.4) is 0 Å². The lowest BCUT2D eigenvalue weighted by molar-refractivity contribution is -0.345. The van der Waals surface area contributed by atoms with Gasteiger partial charge < -0.3 is 29.7 Å². The van der Waals surface area contributed by atoms with Gasteiger partial charge in [-0.25, -0.2) is 0 Å². The summed E-state index contributed by atoms with van der Waals surface area (Å²) in [6, 6.07) is 8.52. The van der Waals surface area contributed by atoms with Gasteiger partial charge in [0.2, 0.25) is 0 Å². The Balaban J connectivity index is 0.000000346. The van der Waals surface area contributed by atoms with Crippen molar-refractivity contribution >= 4 is 22.8 Å². The Morgan fingerprint density at radius 3 is 2.23 bits per heavy atom. The Morgan fingerprint density at radius 1 is 1.09 bits per heavy atom. The molecule has 0 aliphatic carbocycles. The second-order valence-corrected chi connectivity index (χ2v) is 4.71. The lowest BCUT2D eigenvalue weighted by atomic mass is 10.1. The van der Waals surface area contributed by atoms with Gasteiger partial charge in [0.15, 0.2) is 0 Å². The van der Waals surface area contributed by atoms with E-state index >= 15 is 0 Å². The number of hydrogen-bond donors (Lipinski definition) is 1. The lowest BCUT2D eigenvalue weighted by Gasteiger charge is -2.17. The zero-order chi connectivity index (χ0) is 16.5. The topological polar surface area (TPSA) is 99.3 Å². The van der Waals surface area contributed by atoms with Crippen LogP contribution in [0.5, 0.6) is 0 Å². The molecule has 0 fully saturated rings. The van der Waals surface area contributed by atoms with Crippen LogP contribution in [0, 0.1) is 0 Å². The number of hydrogen-bond acceptors (Lipinski definition) is 5. The van der Waals surface area contributed by atoms with Crippen molar-refractivity contribution in [2.45, 2.75) is 20.3 Å². The first kappa shape index (κ1) is 17.7. The fraction of sp³-hybridized carbons (Fsp3) is 0.375. The van der Waals surface area contributed by atoms with Crippen molar-refractivity contribution in [2.24, 2.45) is 0 Å². The predicted molar refractivity (Wildman–Crippen MR) is 79.8 cm³/mol. The number of nitrogens with one attached hydrogen (secondary N) is 1. The number of carboxylic acid groups (broad SMARTS) is 2. The number of carboxylic acids is 2. The molecule has 2 aromatic rings. The number of rotatable bonds is 5. The van der Waals surface area contributed by atoms with Crippen LogP contribution in [0.25, 0.3) is 10.9 Å². The monoisotopic (exact) mass is 304 g/mol. The molecule has 0 atom stereocenters. The van der Waals surface area contributed by atoms with Gasteiger partial charge in [-0.2, -0.15) is 0 Å². The van der Waals surface area contributed by atoms with Gasteiger partial charge in [0, 0.05) is 23.6 Å². The average molecular weight is 304 g/mol. The molecule has 1 aromatic carbocycles. The number of carbonyl (C=O) groups excluding carboxylic acids is 2. The van der Waals surface area contributed by atoms with E-state index in [0.717, 1.165) is 26.1 Å². The van der Waals surface area contributed by atoms with E-state index in [1.807, 2.05) is 0 Å². The van der Waals surface area contributed by atoms with Gasteiger partial charge in [-0.05, 0) is 31.1 Å². The summed E-state index contributed by atoms with van der Waals surface area (Å²) >= 11 is 0. The van der Waals surface area contributed by atoms with Crippen molar-refractivity contribution in [3.05, 3.63) is 36.0 Å². The maximum atomic E-state index is 8.93. The van der Waals surface area contributed by atoms with Gasteiger partial charge in [-0.15, -0.1) is 0 Å². The van der Waals surface area contributed by atoms with Gasteiger partial charge >= 0.3 is 0 Å². The maximum Gasteiger partial charge on any atom is 0.0870 e. The highest BCUT2D eigenvalue weighted by Gasteiger charge is 2.04. The van der Waals surface area contributed by atoms with E-state index in [0.29, 0.717) is 0 Å². The zero-order valence-corrected chi connectivity index (χ0v) is 12.8. The van der Waals surface area contributed by atoms with E-state index in [9.17, 15) is 0 Å². The van der Waals surface area contributed by atoms with Crippen molar-refractivity contribution in [3.8, 4) is 0 Å². The molecular formula is C16H20N2O4-2. The molecule has 1 heterocycles. The zero-order valence-electron chi connectivity index (χ0n) is 12.8. The molecule has 0 radical (unpaired) electrons. The largest absolute Gasteiger partial charge is 0.543 e. The Morgan fingerprint density at radius 2 is 1.68 bits per heavy atom. The molecule has 0 amide bonds. The quantitative estimate of drug-likeness (QED) is 0.753. The normalized spacial score (nSPS) is 10.3. The van der Waals surface area contributed by atoms with Gasteiger partial charge in [-0.1, -0.05) is 32.0 Å². The molecule has 6 nitrogen and oxygen atoms in total. The Bertz CT molecular complexity index is 605. The second-order valence-electron chi connectivity index (χ2n) is 4.71. The summed E-state index contributed by atoms with van der Waals surface area (Å²) in [5.74, 6) is -4.37. The Hall–Kier alpha value is -2.34. The number of aliphatic carboxylic acids is 2. The number of benzene rings is 1. The molecular weight excluding hydrogens is 284 g/mol. The van der Waals surface area contributed by atoms with Gasteiger partial charge in [0.25, 0.3) is 0 Å². The first-order valence-electron chi connectivity index (χ1n) is 7.19. The summed E-state index contributed by atoms with van der Waals surface area (Å²) in [5.41, 5.74) is 2.68. The summed E-state index contributed by atoms with van der Waals surface area (Å²) < 4.78 is 0. The third-order valence-electron chi connectivity index (χ3n) is 3.43. The highest BCUT2D eigenvalue weighted by molar-refractivity contribution is 6.25. The van der Waals surface area contributed by atoms with E-state index in [-0.39, 0.29) is 0 Å². The van der Waals surface area contributed by atoms with E-state index in [1.54, 1.807) is 0 Å². The molecule has 1 aromatic heterocycles. The minimum atomic E-state index is -2.19. The lowest BCUT2D eigenvalue weighted by Crippen LogP contribution is -2.42. The minimum Gasteiger partial charge on any atom is -0.543 e. The molecule has 0 unspecified atom stereocenters. The van der Waals surface area contributed by atoms with Crippen LogP contribution in [0.15, 0.2) is 30.5 Å². The third kappa shape index (κ3) is 5.21. The highest BCUT2D eigenvalue weighted by atomic mass is 16.4. The molecule has 0 saturated heterocycles. The molecule has 120 valence electrons. The van der Waals surface area contributed by atoms with Crippen molar-refractivity contribution in [1.29, 1.82) is 0 Å². The Kier molecular flexibility index (Phi) is 7.12. The van der Waals surface area contributed by atoms with Crippen LogP contribution >= 0.6 is 0 Å². The third-order valence-corrected chi connectivity index (χ3v) is 3.43. The first-order valence-corrected chi connectivity index (χ1v) is 7.19. The minimum absolute atomic E-state index is 1.13. The molecule has 0 spiro atoms. The molecule has 2 rings (SSSR count). The van der Waals surface area contributed by atoms with E-state index in [4.69, 9.17) is 19.8 Å². The van der Waals surface area contributed by atoms with Crippen molar-refractivity contribution in [2.75, 3.05) is 19.6 Å². The number of aromatic nitrogens is 1. The Labute approximate surface area is 129 Å². The molecule has 0 saturated carbocycles. The average Bonchev–Trinajstić information content (AvgIpc) is 2.92. The van der Waals surface area contributed by atoms with Crippen LogP contribution < -0.4 is 10.2 Å². The number of carbonyl (C=O) groups is 2. The van der Waals surface area contributed by atoms with E-state index in [1.165, 1.54) is 16.5 Å². The molecule has 0 aliphatic rings. The number of aromatic amines is 1. The summed E-state index contributed by atoms with van der Waals surface area (Å²) in [6.07, 6.45) is 3.28. The van der Waals surface area contributed by atoms with Crippen molar-refractivity contribution in [1.82, 2.24) is 9.88 Å². The highest BCUT2D eigenvalue weighted by Crippen LogP contribution is 2.18. The van der Waals surface area contributed by atoms with Gasteiger partial charge in [0.1, 0.15) is 0 Å². The molecule has 6 heteroatoms. The number of H-pyrrole nitrogens is 1. The van der Waals surface area contributed by atoms with Crippen LogP contribution in [-0.4, -0.2) is 41.5 Å². The summed E-state index contributed by atoms with van der Waals surface area (Å²) in [6.45, 7) is 7.87. The fourth-order valence-corrected chi connectivity index (χ4v) is 2.16. The van der Waals surface area contributed by atoms with Crippen LogP contribution in [-0.2, 0) is 16.0 Å². The van der Waals surface area contributed by atoms with E-state index < -0.39 is 11.9 Å². The summed E-state index contributed by atoms with van der Waals surface area (Å²) in [7, 11) is 0. The summed E-state index contributed by atoms with van der Waals surface area (Å²) in [4.78, 5) is 23.6. The standard InChI is InChI=1S/C14H20N2.C2H2O4/c1-3-16(4-2)10-9-12-11-15-14-8-6-5-7-13(12)14;3-1(4)2(5)6/h5-8,11,15H,3-4,9-10H2,1-2H3;(H,3,4)(H,5,6)/p-2. The maximum absolute atomic E-state index is 8.93. The predicted octanol–water partition coefficient (Wildman–Crippen LogP) is -0.462. The second kappa shape index (κ2) is 8.84. The first-order chi connectivity index (χ1) is 10.5. The number of fused-ring (bicyclic) bond motifs is 1. The fourth-order valence-electron chi connectivity index (χ4n) is 2.16. The van der Waals surface area contributed by atoms with E-state index in [2.05, 4.69) is 54.2 Å². The van der Waals surface area contributed by atoms with Crippen LogP contribution in [0.1, 0.15) is 19.4 Å². The number of likely N-dealkylation sites (N-methyl/N-ethyl adjacent to an activating group) is 1. The molecule has 1 N–H and O–H groups in total. The van der Waals surface area contributed by atoms with Crippen molar-refractivity contribution in [3.63, 3.8) is 0 Å². The number of para-hydroxylation sites is 1.